The van der Waals surface area contributed by atoms with E-state index in [1.807, 2.05) is 24.3 Å². The Balaban J connectivity index is 2.35. The zero-order chi connectivity index (χ0) is 13.4. The van der Waals surface area contributed by atoms with E-state index in [2.05, 4.69) is 25.9 Å². The molecule has 2 N–H and O–H groups in total. The molecule has 0 bridgehead atoms. The molecule has 3 rings (SSSR count). The molecule has 2 aromatic heterocycles. The van der Waals surface area contributed by atoms with Crippen molar-refractivity contribution in [2.45, 2.75) is 0 Å². The van der Waals surface area contributed by atoms with Crippen molar-refractivity contribution in [1.82, 2.24) is 9.97 Å². The van der Waals surface area contributed by atoms with Gasteiger partial charge in [0.15, 0.2) is 0 Å². The van der Waals surface area contributed by atoms with Gasteiger partial charge in [-0.05, 0) is 18.2 Å². The molecule has 94 valence electrons. The summed E-state index contributed by atoms with van der Waals surface area (Å²) in [5, 5.41) is 10.1. The van der Waals surface area contributed by atoms with Crippen LogP contribution in [0, 0.1) is 0 Å². The fraction of sp³-hybridized carbons (Fsp3) is 0. The Morgan fingerprint density at radius 2 is 2.05 bits per heavy atom. The molecule has 3 aromatic rings. The van der Waals surface area contributed by atoms with Crippen LogP contribution in [0.5, 0.6) is 0 Å². The number of rotatable bonds is 2. The van der Waals surface area contributed by atoms with Crippen LogP contribution >= 0.6 is 15.9 Å². The molecule has 0 unspecified atom stereocenters. The Labute approximate surface area is 117 Å². The van der Waals surface area contributed by atoms with Crippen LogP contribution in [0.2, 0.25) is 0 Å². The summed E-state index contributed by atoms with van der Waals surface area (Å²) < 4.78 is 0.937. The molecule has 0 saturated heterocycles. The smallest absolute Gasteiger partial charge is 0.352 e. The number of halogens is 1. The Bertz CT molecular complexity index is 780. The number of H-pyrrole nitrogens is 1. The lowest BCUT2D eigenvalue weighted by Crippen LogP contribution is -1.99. The van der Waals surface area contributed by atoms with E-state index in [4.69, 9.17) is 0 Å². The predicted octanol–water partition coefficient (Wildman–Crippen LogP) is 3.69. The van der Waals surface area contributed by atoms with Crippen LogP contribution in [0.4, 0.5) is 0 Å². The lowest BCUT2D eigenvalue weighted by Gasteiger charge is -2.07. The van der Waals surface area contributed by atoms with E-state index in [1.165, 1.54) is 0 Å². The average Bonchev–Trinajstić information content (AvgIpc) is 2.89. The Morgan fingerprint density at radius 1 is 1.21 bits per heavy atom. The van der Waals surface area contributed by atoms with Crippen LogP contribution in [-0.4, -0.2) is 21.0 Å². The first-order valence-corrected chi connectivity index (χ1v) is 6.42. The van der Waals surface area contributed by atoms with E-state index in [9.17, 15) is 9.90 Å². The zero-order valence-electron chi connectivity index (χ0n) is 9.72. The highest BCUT2D eigenvalue weighted by Crippen LogP contribution is 2.33. The van der Waals surface area contributed by atoms with E-state index in [0.29, 0.717) is 5.56 Å². The molecule has 0 radical (unpaired) electrons. The maximum absolute atomic E-state index is 11.2. The van der Waals surface area contributed by atoms with E-state index in [1.54, 1.807) is 18.5 Å². The minimum absolute atomic E-state index is 0.175. The van der Waals surface area contributed by atoms with Gasteiger partial charge in [0.25, 0.3) is 0 Å². The molecule has 0 aliphatic carbocycles. The lowest BCUT2D eigenvalue weighted by atomic mass is 10.0. The first-order valence-electron chi connectivity index (χ1n) is 5.63. The summed E-state index contributed by atoms with van der Waals surface area (Å²) in [7, 11) is 0. The number of fused-ring (bicyclic) bond motifs is 1. The third-order valence-corrected chi connectivity index (χ3v) is 3.66. The number of nitrogens with zero attached hydrogens (tertiary/aromatic N) is 1. The number of carbonyl (C=O) groups is 1. The molecule has 0 aliphatic heterocycles. The van der Waals surface area contributed by atoms with Gasteiger partial charge >= 0.3 is 5.97 Å². The summed E-state index contributed by atoms with van der Waals surface area (Å²) in [5.41, 5.74) is 2.40. The van der Waals surface area contributed by atoms with Crippen molar-refractivity contribution in [3.63, 3.8) is 0 Å². The van der Waals surface area contributed by atoms with Gasteiger partial charge in [0.1, 0.15) is 5.69 Å². The molecule has 4 nitrogen and oxygen atoms in total. The summed E-state index contributed by atoms with van der Waals surface area (Å²) in [6.45, 7) is 0. The first-order chi connectivity index (χ1) is 9.18. The van der Waals surface area contributed by atoms with Crippen LogP contribution in [0.1, 0.15) is 10.5 Å². The second-order valence-electron chi connectivity index (χ2n) is 4.07. The third kappa shape index (κ3) is 1.92. The van der Waals surface area contributed by atoms with Crippen molar-refractivity contribution in [1.29, 1.82) is 0 Å². The van der Waals surface area contributed by atoms with Crippen molar-refractivity contribution >= 4 is 32.8 Å². The van der Waals surface area contributed by atoms with Gasteiger partial charge in [-0.25, -0.2) is 4.79 Å². The predicted molar refractivity (Wildman–Crippen MR) is 76.2 cm³/mol. The number of hydrogen-bond donors (Lipinski definition) is 2. The van der Waals surface area contributed by atoms with Gasteiger partial charge < -0.3 is 10.1 Å². The topological polar surface area (TPSA) is 66.0 Å². The Morgan fingerprint density at radius 3 is 2.84 bits per heavy atom. The summed E-state index contributed by atoms with van der Waals surface area (Å²) in [5.74, 6) is -0.980. The number of nitrogens with one attached hydrogen (secondary N) is 1. The van der Waals surface area contributed by atoms with E-state index >= 15 is 0 Å². The van der Waals surface area contributed by atoms with E-state index < -0.39 is 5.97 Å². The van der Waals surface area contributed by atoms with Crippen molar-refractivity contribution < 1.29 is 9.90 Å². The molecule has 1 aromatic carbocycles. The highest BCUT2D eigenvalue weighted by Gasteiger charge is 2.16. The fourth-order valence-electron chi connectivity index (χ4n) is 2.13. The van der Waals surface area contributed by atoms with Gasteiger partial charge in [0.05, 0.1) is 5.52 Å². The molecule has 2 heterocycles. The highest BCUT2D eigenvalue weighted by molar-refractivity contribution is 9.10. The number of carboxylic acids is 1. The molecule has 0 saturated carbocycles. The molecule has 0 spiro atoms. The normalized spacial score (nSPS) is 10.8. The Kier molecular flexibility index (Phi) is 2.83. The van der Waals surface area contributed by atoms with Crippen LogP contribution in [0.3, 0.4) is 0 Å². The number of aromatic nitrogens is 2. The molecule has 19 heavy (non-hydrogen) atoms. The van der Waals surface area contributed by atoms with Gasteiger partial charge in [-0.3, -0.25) is 4.98 Å². The number of pyridine rings is 1. The molecule has 0 aliphatic rings. The van der Waals surface area contributed by atoms with Crippen LogP contribution in [0.25, 0.3) is 22.0 Å². The second-order valence-corrected chi connectivity index (χ2v) is 4.92. The number of benzene rings is 1. The van der Waals surface area contributed by atoms with Crippen molar-refractivity contribution in [2.75, 3.05) is 0 Å². The van der Waals surface area contributed by atoms with Crippen molar-refractivity contribution in [3.8, 4) is 11.1 Å². The van der Waals surface area contributed by atoms with Gasteiger partial charge in [0, 0.05) is 33.4 Å². The monoisotopic (exact) mass is 316 g/mol. The van der Waals surface area contributed by atoms with Crippen LogP contribution in [-0.2, 0) is 0 Å². The number of aromatic amines is 1. The summed E-state index contributed by atoms with van der Waals surface area (Å²) >= 11 is 3.48. The second kappa shape index (κ2) is 4.51. The Hall–Kier alpha value is -2.14. The quantitative estimate of drug-likeness (QED) is 0.757. The van der Waals surface area contributed by atoms with Gasteiger partial charge in [-0.15, -0.1) is 0 Å². The average molecular weight is 317 g/mol. The van der Waals surface area contributed by atoms with Gasteiger partial charge in [0.2, 0.25) is 0 Å². The minimum atomic E-state index is -0.980. The van der Waals surface area contributed by atoms with E-state index in [0.717, 1.165) is 20.9 Å². The fourth-order valence-corrected chi connectivity index (χ4v) is 2.58. The molecule has 0 atom stereocenters. The third-order valence-electron chi connectivity index (χ3n) is 2.97. The summed E-state index contributed by atoms with van der Waals surface area (Å²) in [6, 6.07) is 9.32. The largest absolute Gasteiger partial charge is 0.477 e. The van der Waals surface area contributed by atoms with Gasteiger partial charge in [-0.1, -0.05) is 28.1 Å². The first kappa shape index (κ1) is 11.9. The maximum Gasteiger partial charge on any atom is 0.352 e. The van der Waals surface area contributed by atoms with Crippen molar-refractivity contribution in [3.05, 3.63) is 52.9 Å². The summed E-state index contributed by atoms with van der Waals surface area (Å²) in [6.07, 6.45) is 3.32. The van der Waals surface area contributed by atoms with Gasteiger partial charge in [-0.2, -0.15) is 0 Å². The zero-order valence-corrected chi connectivity index (χ0v) is 11.3. The van der Waals surface area contributed by atoms with Crippen LogP contribution in [0.15, 0.2) is 47.2 Å². The number of hydrogen-bond acceptors (Lipinski definition) is 2. The minimum Gasteiger partial charge on any atom is -0.477 e. The summed E-state index contributed by atoms with van der Waals surface area (Å²) in [4.78, 5) is 18.3. The van der Waals surface area contributed by atoms with Crippen molar-refractivity contribution in [2.24, 2.45) is 0 Å². The number of aromatic carboxylic acids is 1. The standard InChI is InChI=1S/C14H9BrN2O2/c15-11-4-3-8(12-10(11)2-1-6-16-12)9-5-7-17-13(9)14(18)19/h1-7,17H,(H,18,19). The van der Waals surface area contributed by atoms with E-state index in [-0.39, 0.29) is 5.69 Å². The molecule has 5 heteroatoms. The SMILES string of the molecule is O=C(O)c1[nH]ccc1-c1ccc(Br)c2cccnc12. The molecule has 0 amide bonds. The highest BCUT2D eigenvalue weighted by atomic mass is 79.9. The maximum atomic E-state index is 11.2. The lowest BCUT2D eigenvalue weighted by molar-refractivity contribution is 0.0692. The molecule has 0 fully saturated rings. The number of carboxylic acid groups (broad SMARTS) is 1. The molecular weight excluding hydrogens is 308 g/mol. The molecular formula is C14H9BrN2O2. The van der Waals surface area contributed by atoms with Crippen LogP contribution < -0.4 is 0 Å².